The molecule has 1 amide bonds. The second-order valence-electron chi connectivity index (χ2n) is 5.30. The van der Waals surface area contributed by atoms with Gasteiger partial charge in [0.05, 0.1) is 0 Å². The first-order chi connectivity index (χ1) is 10.6. The highest BCUT2D eigenvalue weighted by molar-refractivity contribution is 5.98. The quantitative estimate of drug-likeness (QED) is 0.787. The summed E-state index contributed by atoms with van der Waals surface area (Å²) in [4.78, 5) is 12.2. The summed E-state index contributed by atoms with van der Waals surface area (Å²) in [6.45, 7) is 0.409. The maximum atomic E-state index is 13.5. The van der Waals surface area contributed by atoms with E-state index in [4.69, 9.17) is 0 Å². The zero-order chi connectivity index (χ0) is 15.5. The van der Waals surface area contributed by atoms with Gasteiger partial charge in [0.1, 0.15) is 5.82 Å². The molecule has 3 rings (SSSR count). The lowest BCUT2D eigenvalue weighted by Gasteiger charge is -2.07. The zero-order valence-corrected chi connectivity index (χ0v) is 12.3. The lowest BCUT2D eigenvalue weighted by Crippen LogP contribution is -2.25. The van der Waals surface area contributed by atoms with Crippen LogP contribution in [0.4, 0.5) is 4.39 Å². The van der Waals surface area contributed by atoms with Crippen LogP contribution in [0.5, 0.6) is 0 Å². The van der Waals surface area contributed by atoms with Crippen LogP contribution < -0.4 is 5.32 Å². The van der Waals surface area contributed by atoms with Crippen LogP contribution in [-0.4, -0.2) is 17.0 Å². The fourth-order valence-corrected chi connectivity index (χ4v) is 2.54. The van der Waals surface area contributed by atoms with Gasteiger partial charge in [-0.1, -0.05) is 18.2 Å². The molecule has 0 aliphatic rings. The Bertz CT molecular complexity index is 823. The van der Waals surface area contributed by atoms with Crippen LogP contribution in [0.2, 0.25) is 0 Å². The minimum atomic E-state index is -0.234. The molecule has 0 radical (unpaired) electrons. The van der Waals surface area contributed by atoms with E-state index in [1.165, 1.54) is 6.07 Å². The second kappa shape index (κ2) is 6.02. The third kappa shape index (κ3) is 2.86. The van der Waals surface area contributed by atoms with Crippen LogP contribution in [0.1, 0.15) is 15.9 Å². The maximum absolute atomic E-state index is 13.5. The smallest absolute Gasteiger partial charge is 0.251 e. The number of hydrogen-bond acceptors (Lipinski definition) is 1. The van der Waals surface area contributed by atoms with Gasteiger partial charge in [-0.3, -0.25) is 4.79 Å². The number of nitrogens with one attached hydrogen (secondary N) is 1. The van der Waals surface area contributed by atoms with E-state index in [2.05, 4.69) is 5.32 Å². The number of fused-ring (bicyclic) bond motifs is 1. The highest BCUT2D eigenvalue weighted by Crippen LogP contribution is 2.16. The molecule has 0 aliphatic heterocycles. The lowest BCUT2D eigenvalue weighted by atomic mass is 10.1. The van der Waals surface area contributed by atoms with Crippen LogP contribution in [0.15, 0.2) is 54.7 Å². The number of hydrogen-bond donors (Lipinski definition) is 1. The normalized spacial score (nSPS) is 10.8. The fraction of sp³-hybridized carbons (Fsp3) is 0.167. The Balaban J connectivity index is 1.65. The number of carbonyl (C=O) groups excluding carboxylic acids is 1. The van der Waals surface area contributed by atoms with E-state index >= 15 is 0 Å². The summed E-state index contributed by atoms with van der Waals surface area (Å²) in [5.41, 5.74) is 2.32. The SMILES string of the molecule is Cn1ccc2cc(C(=O)NCCc3ccccc3F)ccc21. The summed E-state index contributed by atoms with van der Waals surface area (Å²) in [7, 11) is 1.97. The largest absolute Gasteiger partial charge is 0.352 e. The molecule has 22 heavy (non-hydrogen) atoms. The summed E-state index contributed by atoms with van der Waals surface area (Å²) < 4.78 is 15.5. The molecule has 3 nitrogen and oxygen atoms in total. The standard InChI is InChI=1S/C18H17FN2O/c1-21-11-9-14-12-15(6-7-17(14)21)18(22)20-10-8-13-4-2-3-5-16(13)19/h2-7,9,11-12H,8,10H2,1H3,(H,20,22). The van der Waals surface area contributed by atoms with Crippen LogP contribution in [0.25, 0.3) is 10.9 Å². The van der Waals surface area contributed by atoms with Crippen molar-refractivity contribution < 1.29 is 9.18 Å². The number of aromatic nitrogens is 1. The molecule has 0 unspecified atom stereocenters. The minimum absolute atomic E-state index is 0.137. The molecule has 1 N–H and O–H groups in total. The summed E-state index contributed by atoms with van der Waals surface area (Å²) in [6.07, 6.45) is 2.44. The number of carbonyl (C=O) groups is 1. The molecule has 2 aromatic carbocycles. The van der Waals surface area contributed by atoms with Gasteiger partial charge in [-0.15, -0.1) is 0 Å². The van der Waals surface area contributed by atoms with Gasteiger partial charge in [0, 0.05) is 36.3 Å². The highest BCUT2D eigenvalue weighted by atomic mass is 19.1. The number of aryl methyl sites for hydroxylation is 1. The molecule has 0 bridgehead atoms. The fourth-order valence-electron chi connectivity index (χ4n) is 2.54. The molecule has 1 aromatic heterocycles. The zero-order valence-electron chi connectivity index (χ0n) is 12.3. The number of amides is 1. The van der Waals surface area contributed by atoms with Crippen molar-refractivity contribution in [2.45, 2.75) is 6.42 Å². The van der Waals surface area contributed by atoms with E-state index in [9.17, 15) is 9.18 Å². The second-order valence-corrected chi connectivity index (χ2v) is 5.30. The molecule has 4 heteroatoms. The van der Waals surface area contributed by atoms with Gasteiger partial charge in [0.2, 0.25) is 0 Å². The number of rotatable bonds is 4. The maximum Gasteiger partial charge on any atom is 0.251 e. The average molecular weight is 296 g/mol. The van der Waals surface area contributed by atoms with Gasteiger partial charge in [-0.05, 0) is 42.3 Å². The van der Waals surface area contributed by atoms with E-state index in [0.29, 0.717) is 24.1 Å². The third-order valence-electron chi connectivity index (χ3n) is 3.79. The number of halogens is 1. The molecule has 1 heterocycles. The van der Waals surface area contributed by atoms with Crippen LogP contribution in [0.3, 0.4) is 0 Å². The number of benzene rings is 2. The average Bonchev–Trinajstić information content (AvgIpc) is 2.90. The Morgan fingerprint density at radius 2 is 2.00 bits per heavy atom. The molecular formula is C18H17FN2O. The third-order valence-corrected chi connectivity index (χ3v) is 3.79. The molecule has 0 atom stereocenters. The molecule has 3 aromatic rings. The van der Waals surface area contributed by atoms with Crippen molar-refractivity contribution >= 4 is 16.8 Å². The van der Waals surface area contributed by atoms with Crippen LogP contribution >= 0.6 is 0 Å². The van der Waals surface area contributed by atoms with Crippen LogP contribution in [-0.2, 0) is 13.5 Å². The van der Waals surface area contributed by atoms with Gasteiger partial charge in [0.15, 0.2) is 0 Å². The van der Waals surface area contributed by atoms with Crippen LogP contribution in [0, 0.1) is 5.82 Å². The molecular weight excluding hydrogens is 279 g/mol. The summed E-state index contributed by atoms with van der Waals surface area (Å²) in [6, 6.07) is 14.2. The first-order valence-electron chi connectivity index (χ1n) is 7.22. The Hall–Kier alpha value is -2.62. The first-order valence-corrected chi connectivity index (χ1v) is 7.22. The van der Waals surface area contributed by atoms with E-state index in [-0.39, 0.29) is 11.7 Å². The van der Waals surface area contributed by atoms with Gasteiger partial charge in [-0.2, -0.15) is 0 Å². The van der Waals surface area contributed by atoms with Crippen molar-refractivity contribution in [3.8, 4) is 0 Å². The van der Waals surface area contributed by atoms with Gasteiger partial charge < -0.3 is 9.88 Å². The molecule has 0 saturated heterocycles. The summed E-state index contributed by atoms with van der Waals surface area (Å²) in [5.74, 6) is -0.371. The van der Waals surface area contributed by atoms with Gasteiger partial charge in [0.25, 0.3) is 5.91 Å². The van der Waals surface area contributed by atoms with E-state index in [1.54, 1.807) is 24.3 Å². The van der Waals surface area contributed by atoms with Crippen molar-refractivity contribution in [3.63, 3.8) is 0 Å². The molecule has 0 spiro atoms. The summed E-state index contributed by atoms with van der Waals surface area (Å²) >= 11 is 0. The molecule has 0 fully saturated rings. The van der Waals surface area contributed by atoms with Gasteiger partial charge in [-0.25, -0.2) is 4.39 Å². The van der Waals surface area contributed by atoms with Gasteiger partial charge >= 0.3 is 0 Å². The Morgan fingerprint density at radius 3 is 2.82 bits per heavy atom. The topological polar surface area (TPSA) is 34.0 Å². The van der Waals surface area contributed by atoms with E-state index in [0.717, 1.165) is 10.9 Å². The minimum Gasteiger partial charge on any atom is -0.352 e. The monoisotopic (exact) mass is 296 g/mol. The van der Waals surface area contributed by atoms with Crippen molar-refractivity contribution in [2.24, 2.45) is 7.05 Å². The predicted octanol–water partition coefficient (Wildman–Crippen LogP) is 3.29. The molecule has 0 aliphatic carbocycles. The lowest BCUT2D eigenvalue weighted by molar-refractivity contribution is 0.0954. The highest BCUT2D eigenvalue weighted by Gasteiger charge is 2.08. The van der Waals surface area contributed by atoms with Crippen molar-refractivity contribution in [3.05, 3.63) is 71.7 Å². The molecule has 112 valence electrons. The molecule has 0 saturated carbocycles. The van der Waals surface area contributed by atoms with Crippen molar-refractivity contribution in [2.75, 3.05) is 6.54 Å². The Kier molecular flexibility index (Phi) is 3.92. The summed E-state index contributed by atoms with van der Waals surface area (Å²) in [5, 5.41) is 3.87. The predicted molar refractivity (Wildman–Crippen MR) is 85.4 cm³/mol. The van der Waals surface area contributed by atoms with Crippen molar-refractivity contribution in [1.29, 1.82) is 0 Å². The van der Waals surface area contributed by atoms with E-state index < -0.39 is 0 Å². The Labute approximate surface area is 128 Å². The Morgan fingerprint density at radius 1 is 1.18 bits per heavy atom. The first kappa shape index (κ1) is 14.3. The number of nitrogens with zero attached hydrogens (tertiary/aromatic N) is 1. The van der Waals surface area contributed by atoms with Crippen molar-refractivity contribution in [1.82, 2.24) is 9.88 Å². The van der Waals surface area contributed by atoms with E-state index in [1.807, 2.05) is 36.0 Å².